The number of nitrogens with zero attached hydrogens (tertiary/aromatic N) is 1. The van der Waals surface area contributed by atoms with Crippen LogP contribution in [0.3, 0.4) is 0 Å². The van der Waals surface area contributed by atoms with Gasteiger partial charge in [0.05, 0.1) is 0 Å². The Kier molecular flexibility index (Phi) is 5.92. The average Bonchev–Trinajstić information content (AvgIpc) is 2.49. The van der Waals surface area contributed by atoms with Gasteiger partial charge in [0.15, 0.2) is 0 Å². The molecule has 0 radical (unpaired) electrons. The molecule has 20 heavy (non-hydrogen) atoms. The van der Waals surface area contributed by atoms with E-state index in [2.05, 4.69) is 37.9 Å². The van der Waals surface area contributed by atoms with Crippen molar-refractivity contribution in [3.05, 3.63) is 0 Å². The highest BCUT2D eigenvalue weighted by molar-refractivity contribution is 4.93. The minimum atomic E-state index is 0.614. The second-order valence-corrected chi connectivity index (χ2v) is 7.52. The summed E-state index contributed by atoms with van der Waals surface area (Å²) < 4.78 is 0. The zero-order valence-electron chi connectivity index (χ0n) is 14.3. The Labute approximate surface area is 126 Å². The fourth-order valence-corrected chi connectivity index (χ4v) is 4.25. The van der Waals surface area contributed by atoms with Crippen molar-refractivity contribution in [2.75, 3.05) is 19.6 Å². The van der Waals surface area contributed by atoms with Gasteiger partial charge in [0.25, 0.3) is 0 Å². The van der Waals surface area contributed by atoms with Gasteiger partial charge >= 0.3 is 0 Å². The summed E-state index contributed by atoms with van der Waals surface area (Å²) in [6.45, 7) is 13.3. The molecule has 1 N–H and O–H groups in total. The molecule has 1 aliphatic heterocycles. The average molecular weight is 280 g/mol. The summed E-state index contributed by atoms with van der Waals surface area (Å²) in [4.78, 5) is 2.83. The minimum absolute atomic E-state index is 0.614. The zero-order chi connectivity index (χ0) is 14.6. The van der Waals surface area contributed by atoms with Crippen molar-refractivity contribution in [3.63, 3.8) is 0 Å². The molecule has 1 saturated heterocycles. The van der Waals surface area contributed by atoms with Crippen molar-refractivity contribution in [2.45, 2.75) is 84.7 Å². The molecule has 0 aromatic rings. The molecule has 0 amide bonds. The van der Waals surface area contributed by atoms with Crippen LogP contribution in [0.15, 0.2) is 0 Å². The molecular weight excluding hydrogens is 244 g/mol. The number of hydrogen-bond acceptors (Lipinski definition) is 2. The summed E-state index contributed by atoms with van der Waals surface area (Å²) >= 11 is 0. The fourth-order valence-electron chi connectivity index (χ4n) is 4.25. The number of hydrogen-bond donors (Lipinski definition) is 1. The molecule has 0 aromatic heterocycles. The van der Waals surface area contributed by atoms with Crippen LogP contribution in [0.4, 0.5) is 0 Å². The second kappa shape index (κ2) is 7.26. The highest BCUT2D eigenvalue weighted by atomic mass is 15.2. The molecule has 2 aliphatic rings. The Bertz CT molecular complexity index is 281. The maximum Gasteiger partial charge on any atom is 0.0251 e. The molecule has 3 unspecified atom stereocenters. The SMILES string of the molecule is CCNC1CCC(CC)CC1N1CCC(C)(CC)CC1. The van der Waals surface area contributed by atoms with E-state index in [9.17, 15) is 0 Å². The van der Waals surface area contributed by atoms with Crippen molar-refractivity contribution in [1.29, 1.82) is 0 Å². The first-order valence-electron chi connectivity index (χ1n) is 9.09. The molecule has 2 nitrogen and oxygen atoms in total. The van der Waals surface area contributed by atoms with Gasteiger partial charge in [-0.15, -0.1) is 0 Å². The van der Waals surface area contributed by atoms with Gasteiger partial charge in [-0.25, -0.2) is 0 Å². The van der Waals surface area contributed by atoms with Crippen molar-refractivity contribution in [1.82, 2.24) is 10.2 Å². The van der Waals surface area contributed by atoms with Gasteiger partial charge in [0, 0.05) is 12.1 Å². The number of likely N-dealkylation sites (N-methyl/N-ethyl adjacent to an activating group) is 1. The predicted molar refractivity (Wildman–Crippen MR) is 88.1 cm³/mol. The third-order valence-electron chi connectivity index (χ3n) is 6.30. The van der Waals surface area contributed by atoms with E-state index in [1.54, 1.807) is 0 Å². The maximum atomic E-state index is 3.77. The molecule has 1 saturated carbocycles. The number of piperidine rings is 1. The van der Waals surface area contributed by atoms with Gasteiger partial charge < -0.3 is 5.32 Å². The van der Waals surface area contributed by atoms with Gasteiger partial charge in [-0.2, -0.15) is 0 Å². The second-order valence-electron chi connectivity index (χ2n) is 7.52. The Morgan fingerprint density at radius 1 is 1.10 bits per heavy atom. The Balaban J connectivity index is 1.96. The lowest BCUT2D eigenvalue weighted by atomic mass is 9.75. The quantitative estimate of drug-likeness (QED) is 0.817. The monoisotopic (exact) mass is 280 g/mol. The van der Waals surface area contributed by atoms with Crippen LogP contribution in [0.2, 0.25) is 0 Å². The van der Waals surface area contributed by atoms with E-state index in [0.717, 1.165) is 24.5 Å². The van der Waals surface area contributed by atoms with E-state index in [-0.39, 0.29) is 0 Å². The third-order valence-corrected chi connectivity index (χ3v) is 6.30. The van der Waals surface area contributed by atoms with Gasteiger partial charge in [-0.1, -0.05) is 40.5 Å². The summed E-state index contributed by atoms with van der Waals surface area (Å²) in [5, 5.41) is 3.77. The van der Waals surface area contributed by atoms with Crippen LogP contribution in [0, 0.1) is 11.3 Å². The van der Waals surface area contributed by atoms with Gasteiger partial charge in [0.2, 0.25) is 0 Å². The van der Waals surface area contributed by atoms with E-state index in [0.29, 0.717) is 5.41 Å². The summed E-state index contributed by atoms with van der Waals surface area (Å²) in [5.74, 6) is 0.967. The third kappa shape index (κ3) is 3.76. The standard InChI is InChI=1S/C18H36N2/c1-5-15-8-9-16(19-7-3)17(14-15)20-12-10-18(4,6-2)11-13-20/h15-17,19H,5-14H2,1-4H3. The van der Waals surface area contributed by atoms with Crippen LogP contribution in [0.25, 0.3) is 0 Å². The molecule has 1 heterocycles. The minimum Gasteiger partial charge on any atom is -0.313 e. The summed E-state index contributed by atoms with van der Waals surface area (Å²) in [7, 11) is 0. The van der Waals surface area contributed by atoms with Crippen molar-refractivity contribution < 1.29 is 0 Å². The molecule has 0 bridgehead atoms. The van der Waals surface area contributed by atoms with Crippen LogP contribution < -0.4 is 5.32 Å². The zero-order valence-corrected chi connectivity index (χ0v) is 14.3. The molecule has 3 atom stereocenters. The largest absolute Gasteiger partial charge is 0.313 e. The van der Waals surface area contributed by atoms with Crippen LogP contribution in [0.5, 0.6) is 0 Å². The maximum absolute atomic E-state index is 3.77. The molecule has 0 aromatic carbocycles. The molecule has 1 aliphatic carbocycles. The lowest BCUT2D eigenvalue weighted by Crippen LogP contribution is -2.55. The van der Waals surface area contributed by atoms with E-state index >= 15 is 0 Å². The lowest BCUT2D eigenvalue weighted by molar-refractivity contribution is 0.0372. The van der Waals surface area contributed by atoms with Gasteiger partial charge in [-0.05, 0) is 63.1 Å². The normalized spacial score (nSPS) is 35.1. The molecule has 2 heteroatoms. The summed E-state index contributed by atoms with van der Waals surface area (Å²) in [6, 6.07) is 1.55. The molecule has 0 spiro atoms. The van der Waals surface area contributed by atoms with Crippen LogP contribution >= 0.6 is 0 Å². The summed E-state index contributed by atoms with van der Waals surface area (Å²) in [5.41, 5.74) is 0.614. The van der Waals surface area contributed by atoms with Crippen molar-refractivity contribution in [3.8, 4) is 0 Å². The Hall–Kier alpha value is -0.0800. The van der Waals surface area contributed by atoms with Crippen molar-refractivity contribution >= 4 is 0 Å². The smallest absolute Gasteiger partial charge is 0.0251 e. The molecule has 2 fully saturated rings. The Morgan fingerprint density at radius 3 is 2.35 bits per heavy atom. The first kappa shape index (κ1) is 16.3. The van der Waals surface area contributed by atoms with Gasteiger partial charge in [0.1, 0.15) is 0 Å². The van der Waals surface area contributed by atoms with E-state index < -0.39 is 0 Å². The summed E-state index contributed by atoms with van der Waals surface area (Å²) in [6.07, 6.45) is 9.77. The topological polar surface area (TPSA) is 15.3 Å². The predicted octanol–water partition coefficient (Wildman–Crippen LogP) is 4.06. The van der Waals surface area contributed by atoms with Crippen LogP contribution in [0.1, 0.15) is 72.6 Å². The first-order valence-corrected chi connectivity index (χ1v) is 9.09. The highest BCUT2D eigenvalue weighted by Gasteiger charge is 2.37. The van der Waals surface area contributed by atoms with Crippen molar-refractivity contribution in [2.24, 2.45) is 11.3 Å². The number of likely N-dealkylation sites (tertiary alicyclic amines) is 1. The number of nitrogens with one attached hydrogen (secondary N) is 1. The molecule has 2 rings (SSSR count). The fraction of sp³-hybridized carbons (Fsp3) is 1.00. The molecule has 118 valence electrons. The van der Waals surface area contributed by atoms with Gasteiger partial charge in [-0.3, -0.25) is 4.90 Å². The Morgan fingerprint density at radius 2 is 1.80 bits per heavy atom. The van der Waals surface area contributed by atoms with E-state index in [4.69, 9.17) is 0 Å². The highest BCUT2D eigenvalue weighted by Crippen LogP contribution is 2.37. The first-order chi connectivity index (χ1) is 9.61. The van der Waals surface area contributed by atoms with E-state index in [1.807, 2.05) is 0 Å². The number of rotatable bonds is 5. The van der Waals surface area contributed by atoms with E-state index in [1.165, 1.54) is 58.0 Å². The van der Waals surface area contributed by atoms with Crippen LogP contribution in [-0.4, -0.2) is 36.6 Å². The van der Waals surface area contributed by atoms with Crippen LogP contribution in [-0.2, 0) is 0 Å². The molecular formula is C18H36N2. The lowest BCUT2D eigenvalue weighted by Gasteiger charge is -2.48.